The summed E-state index contributed by atoms with van der Waals surface area (Å²) in [7, 11) is -3.67. The number of aryl methyl sites for hydroxylation is 1. The number of nitrogens with zero attached hydrogens (tertiary/aromatic N) is 1. The molecule has 0 radical (unpaired) electrons. The molecule has 1 aliphatic heterocycles. The zero-order valence-corrected chi connectivity index (χ0v) is 15.3. The molecular weight excluding hydrogens is 336 g/mol. The Morgan fingerprint density at radius 3 is 2.76 bits per heavy atom. The maximum atomic E-state index is 12.9. The van der Waals surface area contributed by atoms with Crippen molar-refractivity contribution in [2.24, 2.45) is 0 Å². The van der Waals surface area contributed by atoms with Gasteiger partial charge in [0.1, 0.15) is 11.3 Å². The fourth-order valence-corrected chi connectivity index (χ4v) is 4.69. The average molecular weight is 356 g/mol. The smallest absolute Gasteiger partial charge is 0.223 e. The topological polar surface area (TPSA) is 72.2 Å². The number of furan rings is 1. The van der Waals surface area contributed by atoms with Gasteiger partial charge in [0.15, 0.2) is 5.03 Å². The van der Waals surface area contributed by atoms with E-state index in [1.165, 1.54) is 6.07 Å². The standard InChI is InChI=1S/C19H20N2O3S/c1-12-5-4-6-17(21-12)25(22,23)13-7-8-14-15-9-10-20-19(2,3)18(15)24-16(14)11-13/h4-8,11,20H,9-10H2,1-3H3. The third-order valence-electron chi connectivity index (χ3n) is 4.72. The lowest BCUT2D eigenvalue weighted by Crippen LogP contribution is -2.41. The molecule has 2 aromatic heterocycles. The quantitative estimate of drug-likeness (QED) is 0.762. The van der Waals surface area contributed by atoms with Crippen molar-refractivity contribution in [1.82, 2.24) is 10.3 Å². The van der Waals surface area contributed by atoms with E-state index in [4.69, 9.17) is 4.42 Å². The van der Waals surface area contributed by atoms with E-state index in [2.05, 4.69) is 24.1 Å². The van der Waals surface area contributed by atoms with E-state index >= 15 is 0 Å². The highest BCUT2D eigenvalue weighted by Gasteiger charge is 2.33. The van der Waals surface area contributed by atoms with Gasteiger partial charge in [0, 0.05) is 29.3 Å². The number of fused-ring (bicyclic) bond motifs is 3. The summed E-state index contributed by atoms with van der Waals surface area (Å²) in [6, 6.07) is 10.1. The second-order valence-electron chi connectivity index (χ2n) is 6.99. The summed E-state index contributed by atoms with van der Waals surface area (Å²) in [5.74, 6) is 0.886. The Hall–Kier alpha value is -2.18. The predicted octanol–water partition coefficient (Wildman–Crippen LogP) is 3.35. The van der Waals surface area contributed by atoms with E-state index in [0.717, 1.165) is 29.7 Å². The van der Waals surface area contributed by atoms with Crippen molar-refractivity contribution in [3.8, 4) is 0 Å². The van der Waals surface area contributed by atoms with Crippen LogP contribution in [0, 0.1) is 6.92 Å². The monoisotopic (exact) mass is 356 g/mol. The van der Waals surface area contributed by atoms with Crippen molar-refractivity contribution in [3.05, 3.63) is 53.4 Å². The van der Waals surface area contributed by atoms with Crippen molar-refractivity contribution in [1.29, 1.82) is 0 Å². The van der Waals surface area contributed by atoms with Crippen LogP contribution in [0.3, 0.4) is 0 Å². The van der Waals surface area contributed by atoms with Crippen molar-refractivity contribution in [2.45, 2.75) is 42.7 Å². The minimum absolute atomic E-state index is 0.0603. The normalized spacial score (nSPS) is 16.8. The fourth-order valence-electron chi connectivity index (χ4n) is 3.42. The molecule has 0 saturated carbocycles. The Morgan fingerprint density at radius 1 is 1.20 bits per heavy atom. The lowest BCUT2D eigenvalue weighted by Gasteiger charge is -2.29. The minimum atomic E-state index is -3.67. The molecule has 1 aliphatic rings. The predicted molar refractivity (Wildman–Crippen MR) is 95.4 cm³/mol. The number of benzene rings is 1. The number of aromatic nitrogens is 1. The van der Waals surface area contributed by atoms with Crippen LogP contribution in [0.4, 0.5) is 0 Å². The number of hydrogen-bond acceptors (Lipinski definition) is 5. The molecule has 0 amide bonds. The van der Waals surface area contributed by atoms with Gasteiger partial charge in [-0.25, -0.2) is 13.4 Å². The fraction of sp³-hybridized carbons (Fsp3) is 0.316. The van der Waals surface area contributed by atoms with Crippen LogP contribution in [0.5, 0.6) is 0 Å². The molecule has 5 nitrogen and oxygen atoms in total. The van der Waals surface area contributed by atoms with E-state index in [9.17, 15) is 8.42 Å². The number of nitrogens with one attached hydrogen (secondary N) is 1. The first-order valence-corrected chi connectivity index (χ1v) is 9.77. The van der Waals surface area contributed by atoms with Crippen LogP contribution >= 0.6 is 0 Å². The van der Waals surface area contributed by atoms with Gasteiger partial charge in [0.2, 0.25) is 9.84 Å². The molecular formula is C19H20N2O3S. The van der Waals surface area contributed by atoms with E-state index in [1.54, 1.807) is 31.2 Å². The van der Waals surface area contributed by atoms with Gasteiger partial charge in [0.25, 0.3) is 0 Å². The number of rotatable bonds is 2. The van der Waals surface area contributed by atoms with Gasteiger partial charge >= 0.3 is 0 Å². The van der Waals surface area contributed by atoms with Gasteiger partial charge in [-0.1, -0.05) is 6.07 Å². The first kappa shape index (κ1) is 16.3. The molecule has 3 aromatic rings. The van der Waals surface area contributed by atoms with Crippen LogP contribution in [0.1, 0.15) is 30.9 Å². The van der Waals surface area contributed by atoms with Crippen molar-refractivity contribution in [3.63, 3.8) is 0 Å². The average Bonchev–Trinajstić information content (AvgIpc) is 2.94. The highest BCUT2D eigenvalue weighted by atomic mass is 32.2. The lowest BCUT2D eigenvalue weighted by molar-refractivity contribution is 0.310. The Balaban J connectivity index is 1.88. The van der Waals surface area contributed by atoms with Gasteiger partial charge in [-0.15, -0.1) is 0 Å². The number of hydrogen-bond donors (Lipinski definition) is 1. The van der Waals surface area contributed by atoms with Crippen LogP contribution in [0.25, 0.3) is 11.0 Å². The Morgan fingerprint density at radius 2 is 2.00 bits per heavy atom. The molecule has 0 spiro atoms. The summed E-state index contributed by atoms with van der Waals surface area (Å²) in [5.41, 5.74) is 2.18. The third-order valence-corrected chi connectivity index (χ3v) is 6.37. The Kier molecular flexibility index (Phi) is 3.53. The SMILES string of the molecule is Cc1cccc(S(=O)(=O)c2ccc3c4c(oc3c2)C(C)(C)NCC4)n1. The molecule has 0 atom stereocenters. The van der Waals surface area contributed by atoms with Crippen molar-refractivity contribution in [2.75, 3.05) is 6.54 Å². The molecule has 0 fully saturated rings. The first-order chi connectivity index (χ1) is 11.8. The summed E-state index contributed by atoms with van der Waals surface area (Å²) >= 11 is 0. The highest BCUT2D eigenvalue weighted by Crippen LogP contribution is 2.37. The number of sulfone groups is 1. The van der Waals surface area contributed by atoms with Crippen LogP contribution in [0.2, 0.25) is 0 Å². The van der Waals surface area contributed by atoms with Gasteiger partial charge in [0.05, 0.1) is 10.4 Å². The minimum Gasteiger partial charge on any atom is -0.459 e. The van der Waals surface area contributed by atoms with Gasteiger partial charge in [-0.2, -0.15) is 0 Å². The molecule has 130 valence electrons. The summed E-state index contributed by atoms with van der Waals surface area (Å²) in [5, 5.41) is 4.48. The zero-order valence-electron chi connectivity index (χ0n) is 14.5. The summed E-state index contributed by atoms with van der Waals surface area (Å²) in [4.78, 5) is 4.36. The summed E-state index contributed by atoms with van der Waals surface area (Å²) < 4.78 is 31.8. The van der Waals surface area contributed by atoms with E-state index < -0.39 is 9.84 Å². The van der Waals surface area contributed by atoms with E-state index in [0.29, 0.717) is 11.3 Å². The molecule has 1 aromatic carbocycles. The Bertz CT molecular complexity index is 1080. The second-order valence-corrected chi connectivity index (χ2v) is 8.89. The highest BCUT2D eigenvalue weighted by molar-refractivity contribution is 7.91. The second kappa shape index (κ2) is 5.41. The number of pyridine rings is 1. The lowest BCUT2D eigenvalue weighted by atomic mass is 9.91. The van der Waals surface area contributed by atoms with Gasteiger partial charge in [-0.3, -0.25) is 0 Å². The molecule has 0 unspecified atom stereocenters. The molecule has 0 saturated heterocycles. The summed E-state index contributed by atoms with van der Waals surface area (Å²) in [6.45, 7) is 6.79. The molecule has 0 aliphatic carbocycles. The maximum absolute atomic E-state index is 12.9. The van der Waals surface area contributed by atoms with Crippen molar-refractivity contribution >= 4 is 20.8 Å². The third kappa shape index (κ3) is 2.56. The molecule has 0 bridgehead atoms. The zero-order chi connectivity index (χ0) is 17.8. The van der Waals surface area contributed by atoms with Crippen LogP contribution in [0.15, 0.2) is 50.7 Å². The summed E-state index contributed by atoms with van der Waals surface area (Å²) in [6.07, 6.45) is 0.872. The van der Waals surface area contributed by atoms with Gasteiger partial charge in [-0.05, 0) is 51.5 Å². The largest absolute Gasteiger partial charge is 0.459 e. The van der Waals surface area contributed by atoms with E-state index in [1.807, 2.05) is 6.07 Å². The molecule has 4 rings (SSSR count). The maximum Gasteiger partial charge on any atom is 0.223 e. The Labute approximate surface area is 147 Å². The first-order valence-electron chi connectivity index (χ1n) is 8.29. The van der Waals surface area contributed by atoms with Crippen LogP contribution in [-0.2, 0) is 21.8 Å². The molecule has 25 heavy (non-hydrogen) atoms. The van der Waals surface area contributed by atoms with Gasteiger partial charge < -0.3 is 9.73 Å². The van der Waals surface area contributed by atoms with Crippen LogP contribution in [-0.4, -0.2) is 19.9 Å². The molecule has 1 N–H and O–H groups in total. The van der Waals surface area contributed by atoms with Crippen LogP contribution < -0.4 is 5.32 Å². The van der Waals surface area contributed by atoms with Crippen molar-refractivity contribution < 1.29 is 12.8 Å². The molecule has 6 heteroatoms. The van der Waals surface area contributed by atoms with E-state index in [-0.39, 0.29) is 15.5 Å². The molecule has 3 heterocycles.